The minimum Gasteiger partial charge on any atom is -0.370 e. The molecule has 1 aliphatic rings. The normalized spacial score (nSPS) is 13.9. The van der Waals surface area contributed by atoms with Gasteiger partial charge in [-0.25, -0.2) is 4.98 Å². The Hall–Kier alpha value is -2.44. The molecular weight excluding hydrogens is 268 g/mol. The zero-order valence-electron chi connectivity index (χ0n) is 12.0. The number of rotatable bonds is 4. The molecule has 0 saturated carbocycles. The van der Waals surface area contributed by atoms with Crippen LogP contribution in [0.5, 0.6) is 0 Å². The maximum Gasteiger partial charge on any atom is 0.255 e. The molecule has 0 fully saturated rings. The van der Waals surface area contributed by atoms with Gasteiger partial charge in [0.15, 0.2) is 5.82 Å². The van der Waals surface area contributed by atoms with E-state index in [9.17, 15) is 4.79 Å². The number of anilines is 1. The lowest BCUT2D eigenvalue weighted by Crippen LogP contribution is -2.38. The van der Waals surface area contributed by atoms with Crippen LogP contribution < -0.4 is 5.32 Å². The first-order valence-corrected chi connectivity index (χ1v) is 7.14. The summed E-state index contributed by atoms with van der Waals surface area (Å²) in [4.78, 5) is 18.5. The average Bonchev–Trinajstić information content (AvgIpc) is 3.00. The number of pyridine rings is 1. The number of nitrogens with zero attached hydrogens (tertiary/aromatic N) is 5. The van der Waals surface area contributed by atoms with Gasteiger partial charge in [0.25, 0.3) is 5.91 Å². The Labute approximate surface area is 123 Å². The maximum absolute atomic E-state index is 12.5. The van der Waals surface area contributed by atoms with Crippen molar-refractivity contribution in [3.05, 3.63) is 36.0 Å². The van der Waals surface area contributed by atoms with Gasteiger partial charge in [-0.2, -0.15) is 0 Å². The Morgan fingerprint density at radius 3 is 3.05 bits per heavy atom. The molecule has 0 bridgehead atoms. The summed E-state index contributed by atoms with van der Waals surface area (Å²) in [5.74, 6) is 1.61. The standard InChI is InChI=1S/C14H18N6O/c1-2-5-15-12-4-3-11(8-16-12)14(21)19-6-7-20-10-17-18-13(20)9-19/h3-4,8,10H,2,5-7,9H2,1H3,(H,15,16). The van der Waals surface area contributed by atoms with Crippen LogP contribution in [0.1, 0.15) is 29.5 Å². The van der Waals surface area contributed by atoms with E-state index in [2.05, 4.69) is 27.4 Å². The van der Waals surface area contributed by atoms with Crippen LogP contribution in [0.15, 0.2) is 24.7 Å². The average molecular weight is 286 g/mol. The topological polar surface area (TPSA) is 75.9 Å². The molecule has 0 saturated heterocycles. The number of carbonyl (C=O) groups excluding carboxylic acids is 1. The molecule has 1 amide bonds. The van der Waals surface area contributed by atoms with Crippen molar-refractivity contribution in [1.29, 1.82) is 0 Å². The molecule has 7 nitrogen and oxygen atoms in total. The minimum atomic E-state index is -0.0150. The molecule has 0 atom stereocenters. The van der Waals surface area contributed by atoms with Crippen LogP contribution in [0, 0.1) is 0 Å². The van der Waals surface area contributed by atoms with Crippen LogP contribution >= 0.6 is 0 Å². The van der Waals surface area contributed by atoms with Crippen LogP contribution in [0.2, 0.25) is 0 Å². The third-order valence-corrected chi connectivity index (χ3v) is 3.49. The second-order valence-electron chi connectivity index (χ2n) is 5.03. The number of hydrogen-bond acceptors (Lipinski definition) is 5. The summed E-state index contributed by atoms with van der Waals surface area (Å²) >= 11 is 0. The smallest absolute Gasteiger partial charge is 0.255 e. The van der Waals surface area contributed by atoms with Gasteiger partial charge in [0, 0.05) is 25.8 Å². The van der Waals surface area contributed by atoms with Gasteiger partial charge in [-0.1, -0.05) is 6.92 Å². The Bertz CT molecular complexity index is 621. The fourth-order valence-corrected chi connectivity index (χ4v) is 2.30. The number of hydrogen-bond donors (Lipinski definition) is 1. The minimum absolute atomic E-state index is 0.0150. The monoisotopic (exact) mass is 286 g/mol. The highest BCUT2D eigenvalue weighted by molar-refractivity contribution is 5.94. The molecule has 2 aromatic heterocycles. The molecule has 0 spiro atoms. The summed E-state index contributed by atoms with van der Waals surface area (Å²) in [5.41, 5.74) is 0.602. The Balaban J connectivity index is 1.68. The van der Waals surface area contributed by atoms with Crippen molar-refractivity contribution in [2.45, 2.75) is 26.4 Å². The lowest BCUT2D eigenvalue weighted by atomic mass is 10.2. The molecule has 2 aromatic rings. The molecule has 110 valence electrons. The molecule has 0 radical (unpaired) electrons. The van der Waals surface area contributed by atoms with E-state index in [1.165, 1.54) is 0 Å². The first kappa shape index (κ1) is 13.5. The lowest BCUT2D eigenvalue weighted by molar-refractivity contribution is 0.0707. The van der Waals surface area contributed by atoms with Gasteiger partial charge < -0.3 is 14.8 Å². The zero-order chi connectivity index (χ0) is 14.7. The first-order valence-electron chi connectivity index (χ1n) is 7.14. The van der Waals surface area contributed by atoms with Gasteiger partial charge in [0.2, 0.25) is 0 Å². The molecular formula is C14H18N6O. The molecule has 1 N–H and O–H groups in total. The Morgan fingerprint density at radius 1 is 1.38 bits per heavy atom. The highest BCUT2D eigenvalue weighted by atomic mass is 16.2. The molecule has 3 rings (SSSR count). The van der Waals surface area contributed by atoms with Gasteiger partial charge in [0.1, 0.15) is 12.1 Å². The quantitative estimate of drug-likeness (QED) is 0.912. The third kappa shape index (κ3) is 2.86. The lowest BCUT2D eigenvalue weighted by Gasteiger charge is -2.27. The van der Waals surface area contributed by atoms with Crippen LogP contribution in [0.4, 0.5) is 5.82 Å². The van der Waals surface area contributed by atoms with E-state index in [4.69, 9.17) is 0 Å². The Kier molecular flexibility index (Phi) is 3.81. The summed E-state index contributed by atoms with van der Waals surface area (Å²) in [5, 5.41) is 11.1. The van der Waals surface area contributed by atoms with Crippen molar-refractivity contribution in [3.63, 3.8) is 0 Å². The molecule has 0 unspecified atom stereocenters. The van der Waals surface area contributed by atoms with E-state index in [0.29, 0.717) is 18.7 Å². The van der Waals surface area contributed by atoms with Gasteiger partial charge in [0.05, 0.1) is 12.1 Å². The molecule has 0 aromatic carbocycles. The number of amides is 1. The van der Waals surface area contributed by atoms with Gasteiger partial charge in [-0.3, -0.25) is 4.79 Å². The van der Waals surface area contributed by atoms with Gasteiger partial charge in [-0.05, 0) is 18.6 Å². The van der Waals surface area contributed by atoms with E-state index in [1.54, 1.807) is 17.4 Å². The second kappa shape index (κ2) is 5.90. The fraction of sp³-hybridized carbons (Fsp3) is 0.429. The van der Waals surface area contributed by atoms with Crippen molar-refractivity contribution >= 4 is 11.7 Å². The number of fused-ring (bicyclic) bond motifs is 1. The van der Waals surface area contributed by atoms with E-state index in [1.807, 2.05) is 16.7 Å². The van der Waals surface area contributed by atoms with Crippen molar-refractivity contribution < 1.29 is 4.79 Å². The van der Waals surface area contributed by atoms with E-state index < -0.39 is 0 Å². The van der Waals surface area contributed by atoms with Crippen LogP contribution in [0.25, 0.3) is 0 Å². The predicted octanol–water partition coefficient (Wildman–Crippen LogP) is 1.15. The summed E-state index contributed by atoms with van der Waals surface area (Å²) in [7, 11) is 0. The molecule has 1 aliphatic heterocycles. The summed E-state index contributed by atoms with van der Waals surface area (Å²) in [6.07, 6.45) is 4.36. The summed E-state index contributed by atoms with van der Waals surface area (Å²) in [6, 6.07) is 3.65. The number of carbonyl (C=O) groups is 1. The fourth-order valence-electron chi connectivity index (χ4n) is 2.30. The van der Waals surface area contributed by atoms with Crippen molar-refractivity contribution in [2.24, 2.45) is 0 Å². The van der Waals surface area contributed by atoms with Crippen molar-refractivity contribution in [3.8, 4) is 0 Å². The molecule has 0 aliphatic carbocycles. The molecule has 21 heavy (non-hydrogen) atoms. The first-order chi connectivity index (χ1) is 10.3. The molecule has 3 heterocycles. The zero-order valence-corrected chi connectivity index (χ0v) is 12.0. The van der Waals surface area contributed by atoms with Crippen molar-refractivity contribution in [1.82, 2.24) is 24.6 Å². The van der Waals surface area contributed by atoms with Crippen LogP contribution in [0.3, 0.4) is 0 Å². The third-order valence-electron chi connectivity index (χ3n) is 3.49. The highest BCUT2D eigenvalue weighted by Crippen LogP contribution is 2.14. The largest absolute Gasteiger partial charge is 0.370 e. The van der Waals surface area contributed by atoms with Crippen molar-refractivity contribution in [2.75, 3.05) is 18.4 Å². The highest BCUT2D eigenvalue weighted by Gasteiger charge is 2.22. The second-order valence-corrected chi connectivity index (χ2v) is 5.03. The van der Waals surface area contributed by atoms with E-state index in [0.717, 1.165) is 31.2 Å². The predicted molar refractivity (Wildman–Crippen MR) is 77.8 cm³/mol. The van der Waals surface area contributed by atoms with Crippen LogP contribution in [-0.4, -0.2) is 43.6 Å². The number of nitrogens with one attached hydrogen (secondary N) is 1. The molecule has 7 heteroatoms. The van der Waals surface area contributed by atoms with E-state index >= 15 is 0 Å². The van der Waals surface area contributed by atoms with Gasteiger partial charge in [-0.15, -0.1) is 10.2 Å². The SMILES string of the molecule is CCCNc1ccc(C(=O)N2CCn3cnnc3C2)cn1. The summed E-state index contributed by atoms with van der Waals surface area (Å²) in [6.45, 7) is 4.87. The Morgan fingerprint density at radius 2 is 2.29 bits per heavy atom. The van der Waals surface area contributed by atoms with Crippen LogP contribution in [-0.2, 0) is 13.1 Å². The maximum atomic E-state index is 12.5. The van der Waals surface area contributed by atoms with Gasteiger partial charge >= 0.3 is 0 Å². The summed E-state index contributed by atoms with van der Waals surface area (Å²) < 4.78 is 1.97. The number of aromatic nitrogens is 4. The van der Waals surface area contributed by atoms with E-state index in [-0.39, 0.29) is 5.91 Å².